The normalized spacial score (nSPS) is 15.8. The highest BCUT2D eigenvalue weighted by molar-refractivity contribution is 8.70. The van der Waals surface area contributed by atoms with Crippen LogP contribution in [0.2, 0.25) is 0 Å². The molecule has 0 aliphatic carbocycles. The molecule has 2 rings (SSSR count). The second-order valence-corrected chi connectivity index (χ2v) is 6.52. The number of fused-ring (bicyclic) bond motifs is 2. The van der Waals surface area contributed by atoms with Gasteiger partial charge in [-0.25, -0.2) is 0 Å². The van der Waals surface area contributed by atoms with E-state index in [2.05, 4.69) is 11.9 Å². The molecule has 0 atom stereocenters. The Hall–Kier alpha value is -1.47. The Labute approximate surface area is 102 Å². The van der Waals surface area contributed by atoms with E-state index in [1.165, 1.54) is 12.1 Å². The van der Waals surface area contributed by atoms with Gasteiger partial charge in [0.2, 0.25) is 0 Å². The molecule has 0 saturated carbocycles. The van der Waals surface area contributed by atoms with Crippen molar-refractivity contribution >= 4 is 25.9 Å². The van der Waals surface area contributed by atoms with E-state index in [1.54, 1.807) is 12.1 Å². The van der Waals surface area contributed by atoms with Gasteiger partial charge in [0.25, 0.3) is 5.91 Å². The van der Waals surface area contributed by atoms with Crippen LogP contribution in [0.1, 0.15) is 10.4 Å². The van der Waals surface area contributed by atoms with Gasteiger partial charge in [-0.1, -0.05) is 12.1 Å². The van der Waals surface area contributed by atoms with Crippen LogP contribution in [0, 0.1) is 0 Å². The summed E-state index contributed by atoms with van der Waals surface area (Å²) in [6.07, 6.45) is 1.54. The van der Waals surface area contributed by atoms with Gasteiger partial charge in [-0.05, 0) is 12.1 Å². The van der Waals surface area contributed by atoms with Crippen LogP contribution in [-0.4, -0.2) is 20.9 Å². The van der Waals surface area contributed by atoms with Crippen molar-refractivity contribution in [3.8, 4) is 5.75 Å². The molecule has 1 N–H and O–H groups in total. The van der Waals surface area contributed by atoms with Crippen molar-refractivity contribution in [2.24, 2.45) is 0 Å². The Bertz CT molecular complexity index is 550. The Balaban J connectivity index is 2.40. The monoisotopic (exact) mass is 271 g/mol. The van der Waals surface area contributed by atoms with Gasteiger partial charge in [-0.15, -0.1) is 6.58 Å². The minimum absolute atomic E-state index is 0.0582. The number of nitrogens with one attached hydrogen (secondary N) is 1. The van der Waals surface area contributed by atoms with Crippen LogP contribution in [-0.2, 0) is 9.15 Å². The Morgan fingerprint density at radius 2 is 2.29 bits per heavy atom. The first kappa shape index (κ1) is 12.0. The Morgan fingerprint density at radius 3 is 2.94 bits per heavy atom. The number of amides is 1. The van der Waals surface area contributed by atoms with Gasteiger partial charge in [0.05, 0.1) is 5.56 Å². The molecule has 1 aliphatic rings. The fourth-order valence-electron chi connectivity index (χ4n) is 1.36. The van der Waals surface area contributed by atoms with Crippen LogP contribution in [0.3, 0.4) is 0 Å². The van der Waals surface area contributed by atoms with E-state index in [9.17, 15) is 13.2 Å². The van der Waals surface area contributed by atoms with Crippen molar-refractivity contribution < 1.29 is 17.4 Å². The lowest BCUT2D eigenvalue weighted by Gasteiger charge is -2.18. The molecule has 2 bridgehead atoms. The molecular weight excluding hydrogens is 262 g/mol. The van der Waals surface area contributed by atoms with E-state index in [-0.39, 0.29) is 17.2 Å². The summed E-state index contributed by atoms with van der Waals surface area (Å²) in [5.41, 5.74) is 0.245. The average Bonchev–Trinajstić information content (AvgIpc) is 2.23. The second-order valence-electron chi connectivity index (χ2n) is 3.20. The maximum Gasteiger partial charge on any atom is 0.370 e. The Kier molecular flexibility index (Phi) is 3.12. The SMILES string of the molecule is C=CCNC(=O)c1c2cccc1SS(=O)(=O)O2. The smallest absolute Gasteiger partial charge is 0.370 e. The summed E-state index contributed by atoms with van der Waals surface area (Å²) in [6.45, 7) is 3.79. The molecular formula is C10H9NO4S2. The molecule has 0 fully saturated rings. The molecule has 0 unspecified atom stereocenters. The molecule has 1 aliphatic heterocycles. The predicted molar refractivity (Wildman–Crippen MR) is 64.4 cm³/mol. The number of carbonyl (C=O) groups is 1. The van der Waals surface area contributed by atoms with Crippen molar-refractivity contribution in [1.29, 1.82) is 0 Å². The molecule has 1 heterocycles. The molecule has 7 heteroatoms. The summed E-state index contributed by atoms with van der Waals surface area (Å²) in [5.74, 6) is -0.319. The third-order valence-electron chi connectivity index (χ3n) is 2.01. The number of hydrogen-bond donors (Lipinski definition) is 1. The number of rotatable bonds is 3. The average molecular weight is 271 g/mol. The van der Waals surface area contributed by atoms with Crippen LogP contribution >= 0.6 is 10.8 Å². The molecule has 5 nitrogen and oxygen atoms in total. The van der Waals surface area contributed by atoms with E-state index in [0.717, 1.165) is 0 Å². The van der Waals surface area contributed by atoms with Crippen molar-refractivity contribution in [3.05, 3.63) is 36.4 Å². The minimum atomic E-state index is -3.69. The topological polar surface area (TPSA) is 72.5 Å². The molecule has 90 valence electrons. The van der Waals surface area contributed by atoms with Gasteiger partial charge in [0, 0.05) is 22.2 Å². The minimum Gasteiger partial charge on any atom is -0.373 e. The van der Waals surface area contributed by atoms with Crippen molar-refractivity contribution in [1.82, 2.24) is 5.32 Å². The van der Waals surface area contributed by atoms with Gasteiger partial charge < -0.3 is 9.50 Å². The maximum absolute atomic E-state index is 11.8. The highest BCUT2D eigenvalue weighted by Gasteiger charge is 2.30. The van der Waals surface area contributed by atoms with Crippen molar-refractivity contribution in [3.63, 3.8) is 0 Å². The zero-order valence-corrected chi connectivity index (χ0v) is 10.3. The molecule has 17 heavy (non-hydrogen) atoms. The maximum atomic E-state index is 11.8. The predicted octanol–water partition coefficient (Wildman–Crippen LogP) is 1.33. The molecule has 1 amide bonds. The van der Waals surface area contributed by atoms with Crippen LogP contribution in [0.15, 0.2) is 35.7 Å². The molecule has 0 radical (unpaired) electrons. The number of carbonyl (C=O) groups excluding carboxylic acids is 1. The molecule has 1 aromatic rings. The van der Waals surface area contributed by atoms with Gasteiger partial charge in [-0.2, -0.15) is 8.42 Å². The van der Waals surface area contributed by atoms with Crippen LogP contribution in [0.25, 0.3) is 0 Å². The van der Waals surface area contributed by atoms with Crippen LogP contribution < -0.4 is 9.50 Å². The molecule has 0 saturated heterocycles. The van der Waals surface area contributed by atoms with Gasteiger partial charge in [-0.3, -0.25) is 4.79 Å². The highest BCUT2D eigenvalue weighted by Crippen LogP contribution is 2.40. The van der Waals surface area contributed by atoms with E-state index >= 15 is 0 Å². The third-order valence-corrected chi connectivity index (χ3v) is 4.47. The molecule has 0 spiro atoms. The first-order valence-electron chi connectivity index (χ1n) is 4.69. The number of hydrogen-bond acceptors (Lipinski definition) is 5. The fourth-order valence-corrected chi connectivity index (χ4v) is 3.79. The highest BCUT2D eigenvalue weighted by atomic mass is 33.1. The van der Waals surface area contributed by atoms with E-state index in [1.807, 2.05) is 0 Å². The number of benzene rings is 1. The largest absolute Gasteiger partial charge is 0.373 e. The summed E-state index contributed by atoms with van der Waals surface area (Å²) in [4.78, 5) is 12.2. The van der Waals surface area contributed by atoms with Crippen molar-refractivity contribution in [2.45, 2.75) is 4.90 Å². The van der Waals surface area contributed by atoms with E-state index < -0.39 is 9.15 Å². The van der Waals surface area contributed by atoms with E-state index in [0.29, 0.717) is 22.2 Å². The summed E-state index contributed by atoms with van der Waals surface area (Å²) in [7, 11) is -3.16. The quantitative estimate of drug-likeness (QED) is 0.663. The van der Waals surface area contributed by atoms with Gasteiger partial charge >= 0.3 is 9.15 Å². The molecule has 1 aromatic carbocycles. The fraction of sp³-hybridized carbons (Fsp3) is 0.100. The first-order valence-corrected chi connectivity index (χ1v) is 7.43. The summed E-state index contributed by atoms with van der Waals surface area (Å²) < 4.78 is 27.4. The third kappa shape index (κ3) is 2.45. The molecule has 0 aromatic heterocycles. The van der Waals surface area contributed by atoms with Crippen LogP contribution in [0.4, 0.5) is 0 Å². The second kappa shape index (κ2) is 4.42. The Morgan fingerprint density at radius 1 is 1.53 bits per heavy atom. The standard InChI is InChI=1S/C10H9NO4S2/c1-2-6-11-10(12)9-7-4-3-5-8(9)16-17(13,14)15-7/h2-5H,1,6H2,(H,11,12). The summed E-state index contributed by atoms with van der Waals surface area (Å²) in [5, 5.41) is 2.58. The van der Waals surface area contributed by atoms with Crippen LogP contribution in [0.5, 0.6) is 5.75 Å². The van der Waals surface area contributed by atoms with Gasteiger partial charge in [0.15, 0.2) is 5.75 Å². The lowest BCUT2D eigenvalue weighted by atomic mass is 10.2. The van der Waals surface area contributed by atoms with E-state index in [4.69, 9.17) is 4.18 Å². The zero-order valence-electron chi connectivity index (χ0n) is 8.67. The zero-order chi connectivity index (χ0) is 12.5. The first-order chi connectivity index (χ1) is 8.03. The van der Waals surface area contributed by atoms with Gasteiger partial charge in [0.1, 0.15) is 0 Å². The lowest BCUT2D eigenvalue weighted by Crippen LogP contribution is -2.26. The van der Waals surface area contributed by atoms with Crippen molar-refractivity contribution in [2.75, 3.05) is 6.54 Å². The summed E-state index contributed by atoms with van der Waals surface area (Å²) >= 11 is 0. The lowest BCUT2D eigenvalue weighted by molar-refractivity contribution is 0.0953. The summed E-state index contributed by atoms with van der Waals surface area (Å²) in [6, 6.07) is 4.65.